The fourth-order valence-corrected chi connectivity index (χ4v) is 1.57. The maximum absolute atomic E-state index is 13.4. The van der Waals surface area contributed by atoms with Gasteiger partial charge in [0.2, 0.25) is 0 Å². The van der Waals surface area contributed by atoms with Crippen molar-refractivity contribution in [3.05, 3.63) is 35.4 Å². The number of carbonyl (C=O) groups is 1. The first-order valence-corrected chi connectivity index (χ1v) is 5.15. The van der Waals surface area contributed by atoms with Crippen LogP contribution in [0.15, 0.2) is 18.2 Å². The van der Waals surface area contributed by atoms with E-state index in [0.29, 0.717) is 0 Å². The number of benzene rings is 1. The first-order valence-electron chi connectivity index (χ1n) is 5.15. The molecule has 0 saturated heterocycles. The van der Waals surface area contributed by atoms with Gasteiger partial charge in [0.05, 0.1) is 12.5 Å². The van der Waals surface area contributed by atoms with Crippen LogP contribution in [0.25, 0.3) is 0 Å². The van der Waals surface area contributed by atoms with E-state index in [4.69, 9.17) is 5.73 Å². The van der Waals surface area contributed by atoms with Crippen molar-refractivity contribution < 1.29 is 18.3 Å². The van der Waals surface area contributed by atoms with E-state index in [2.05, 4.69) is 4.74 Å². The Morgan fingerprint density at radius 1 is 1.47 bits per heavy atom. The molecule has 1 atom stereocenters. The molecule has 1 unspecified atom stereocenters. The van der Waals surface area contributed by atoms with Gasteiger partial charge in [-0.1, -0.05) is 0 Å². The molecule has 0 saturated carbocycles. The minimum Gasteiger partial charge on any atom is -0.469 e. The summed E-state index contributed by atoms with van der Waals surface area (Å²) in [4.78, 5) is 11.5. The monoisotopic (exact) mass is 243 g/mol. The maximum atomic E-state index is 13.4. The van der Waals surface area contributed by atoms with Crippen LogP contribution in [0.3, 0.4) is 0 Å². The second-order valence-electron chi connectivity index (χ2n) is 4.17. The highest BCUT2D eigenvalue weighted by Gasteiger charge is 2.34. The Bertz CT molecular complexity index is 423. The Morgan fingerprint density at radius 2 is 2.12 bits per heavy atom. The van der Waals surface area contributed by atoms with E-state index in [-0.39, 0.29) is 18.5 Å². The molecule has 0 aliphatic carbocycles. The second kappa shape index (κ2) is 5.23. The predicted molar refractivity (Wildman–Crippen MR) is 59.2 cm³/mol. The lowest BCUT2D eigenvalue weighted by Crippen LogP contribution is -2.39. The van der Waals surface area contributed by atoms with E-state index in [1.807, 2.05) is 0 Å². The summed E-state index contributed by atoms with van der Waals surface area (Å²) in [6.07, 6.45) is -0.000231. The molecular weight excluding hydrogens is 228 g/mol. The molecule has 94 valence electrons. The molecule has 0 heterocycles. The van der Waals surface area contributed by atoms with Gasteiger partial charge in [-0.15, -0.1) is 0 Å². The van der Waals surface area contributed by atoms with Gasteiger partial charge in [-0.3, -0.25) is 4.79 Å². The minimum atomic E-state index is -1.05. The Kier molecular flexibility index (Phi) is 4.17. The molecule has 0 spiro atoms. The molecule has 17 heavy (non-hydrogen) atoms. The van der Waals surface area contributed by atoms with E-state index in [9.17, 15) is 13.6 Å². The topological polar surface area (TPSA) is 52.3 Å². The molecule has 1 rings (SSSR count). The van der Waals surface area contributed by atoms with Crippen LogP contribution in [-0.4, -0.2) is 19.6 Å². The summed E-state index contributed by atoms with van der Waals surface area (Å²) in [7, 11) is 1.23. The molecule has 0 bridgehead atoms. The third-order valence-corrected chi connectivity index (χ3v) is 2.72. The Hall–Kier alpha value is -1.49. The number of carbonyl (C=O) groups excluding carboxylic acids is 1. The largest absolute Gasteiger partial charge is 0.469 e. The van der Waals surface area contributed by atoms with Crippen LogP contribution in [0.5, 0.6) is 0 Å². The summed E-state index contributed by atoms with van der Waals surface area (Å²) in [5.74, 6) is -1.65. The molecular formula is C12H15F2NO2. The first-order chi connectivity index (χ1) is 7.92. The van der Waals surface area contributed by atoms with E-state index in [1.165, 1.54) is 7.11 Å². The zero-order valence-electron chi connectivity index (χ0n) is 9.80. The minimum absolute atomic E-state index is 0.000231. The summed E-state index contributed by atoms with van der Waals surface area (Å²) in [5.41, 5.74) is 4.56. The summed E-state index contributed by atoms with van der Waals surface area (Å²) < 4.78 is 31.1. The standard InChI is InChI=1S/C12H15F2NO2/c1-12(7-15,11(16)17-2)6-8-5-9(13)3-4-10(8)14/h3-5H,6-7,15H2,1-2H3. The lowest BCUT2D eigenvalue weighted by Gasteiger charge is -2.24. The van der Waals surface area contributed by atoms with Gasteiger partial charge >= 0.3 is 5.97 Å². The summed E-state index contributed by atoms with van der Waals surface area (Å²) in [5, 5.41) is 0. The molecule has 0 fully saturated rings. The van der Waals surface area contributed by atoms with Crippen molar-refractivity contribution in [2.45, 2.75) is 13.3 Å². The molecule has 0 aromatic heterocycles. The molecule has 0 aliphatic heterocycles. The van der Waals surface area contributed by atoms with Crippen LogP contribution >= 0.6 is 0 Å². The first kappa shape index (κ1) is 13.6. The van der Waals surface area contributed by atoms with Gasteiger partial charge in [-0.05, 0) is 37.1 Å². The zero-order chi connectivity index (χ0) is 13.1. The van der Waals surface area contributed by atoms with Crippen LogP contribution in [0.2, 0.25) is 0 Å². The molecule has 2 N–H and O–H groups in total. The van der Waals surface area contributed by atoms with Crippen molar-refractivity contribution in [2.24, 2.45) is 11.1 Å². The van der Waals surface area contributed by atoms with Crippen molar-refractivity contribution in [2.75, 3.05) is 13.7 Å². The van der Waals surface area contributed by atoms with Gasteiger partial charge in [0.1, 0.15) is 11.6 Å². The van der Waals surface area contributed by atoms with Gasteiger partial charge < -0.3 is 10.5 Å². The highest BCUT2D eigenvalue weighted by molar-refractivity contribution is 5.77. The van der Waals surface area contributed by atoms with Crippen LogP contribution in [-0.2, 0) is 16.0 Å². The maximum Gasteiger partial charge on any atom is 0.313 e. The zero-order valence-corrected chi connectivity index (χ0v) is 9.80. The number of halogens is 2. The number of esters is 1. The number of hydrogen-bond acceptors (Lipinski definition) is 3. The average molecular weight is 243 g/mol. The number of methoxy groups -OCH3 is 1. The van der Waals surface area contributed by atoms with Crippen LogP contribution in [0, 0.1) is 17.0 Å². The quantitative estimate of drug-likeness (QED) is 0.818. The summed E-state index contributed by atoms with van der Waals surface area (Å²) in [6.45, 7) is 1.55. The van der Waals surface area contributed by atoms with Crippen molar-refractivity contribution in [3.8, 4) is 0 Å². The molecule has 0 amide bonds. The van der Waals surface area contributed by atoms with Gasteiger partial charge in [0, 0.05) is 6.54 Å². The molecule has 1 aromatic carbocycles. The van der Waals surface area contributed by atoms with E-state index < -0.39 is 23.0 Å². The normalized spacial score (nSPS) is 14.2. The number of nitrogens with two attached hydrogens (primary N) is 1. The number of hydrogen-bond donors (Lipinski definition) is 1. The third-order valence-electron chi connectivity index (χ3n) is 2.72. The van der Waals surface area contributed by atoms with Gasteiger partial charge in [0.15, 0.2) is 0 Å². The lowest BCUT2D eigenvalue weighted by atomic mass is 9.83. The second-order valence-corrected chi connectivity index (χ2v) is 4.17. The SMILES string of the molecule is COC(=O)C(C)(CN)Cc1cc(F)ccc1F. The van der Waals surface area contributed by atoms with E-state index in [1.54, 1.807) is 6.92 Å². The van der Waals surface area contributed by atoms with Crippen LogP contribution < -0.4 is 5.73 Å². The van der Waals surface area contributed by atoms with Gasteiger partial charge in [0.25, 0.3) is 0 Å². The van der Waals surface area contributed by atoms with Crippen molar-refractivity contribution in [1.29, 1.82) is 0 Å². The lowest BCUT2D eigenvalue weighted by molar-refractivity contribution is -0.151. The van der Waals surface area contributed by atoms with Gasteiger partial charge in [-0.2, -0.15) is 0 Å². The smallest absolute Gasteiger partial charge is 0.313 e. The third kappa shape index (κ3) is 3.00. The fraction of sp³-hybridized carbons (Fsp3) is 0.417. The molecule has 1 aromatic rings. The summed E-state index contributed by atoms with van der Waals surface area (Å²) >= 11 is 0. The Morgan fingerprint density at radius 3 is 2.65 bits per heavy atom. The predicted octanol–water partition coefficient (Wildman–Crippen LogP) is 1.65. The molecule has 5 heteroatoms. The van der Waals surface area contributed by atoms with Crippen molar-refractivity contribution >= 4 is 5.97 Å². The molecule has 3 nitrogen and oxygen atoms in total. The fourth-order valence-electron chi connectivity index (χ4n) is 1.57. The number of ether oxygens (including phenoxy) is 1. The van der Waals surface area contributed by atoms with E-state index >= 15 is 0 Å². The van der Waals surface area contributed by atoms with Crippen LogP contribution in [0.1, 0.15) is 12.5 Å². The highest BCUT2D eigenvalue weighted by atomic mass is 19.1. The molecule has 0 aliphatic rings. The summed E-state index contributed by atoms with van der Waals surface area (Å²) in [6, 6.07) is 3.11. The Labute approximate surface area is 98.6 Å². The van der Waals surface area contributed by atoms with Gasteiger partial charge in [-0.25, -0.2) is 8.78 Å². The highest BCUT2D eigenvalue weighted by Crippen LogP contribution is 2.25. The van der Waals surface area contributed by atoms with Crippen LogP contribution in [0.4, 0.5) is 8.78 Å². The van der Waals surface area contributed by atoms with E-state index in [0.717, 1.165) is 18.2 Å². The molecule has 0 radical (unpaired) electrons. The number of rotatable bonds is 4. The van der Waals surface area contributed by atoms with Crippen molar-refractivity contribution in [3.63, 3.8) is 0 Å². The Balaban J connectivity index is 3.02. The van der Waals surface area contributed by atoms with Crippen molar-refractivity contribution in [1.82, 2.24) is 0 Å². The average Bonchev–Trinajstić information content (AvgIpc) is 2.32.